The molecule has 1 aromatic heterocycles. The number of likely N-dealkylation sites (tertiary alicyclic amines) is 1. The topological polar surface area (TPSA) is 52.5 Å². The van der Waals surface area contributed by atoms with Crippen LogP contribution in [0.3, 0.4) is 0 Å². The van der Waals surface area contributed by atoms with Gasteiger partial charge in [-0.2, -0.15) is 10.3 Å². The molecule has 0 spiro atoms. The van der Waals surface area contributed by atoms with E-state index in [-0.39, 0.29) is 0 Å². The molecule has 1 saturated heterocycles. The number of nitriles is 1. The Morgan fingerprint density at radius 1 is 0.963 bits per heavy atom. The molecule has 4 rings (SSSR count). The van der Waals surface area contributed by atoms with Crippen molar-refractivity contribution in [3.8, 4) is 28.5 Å². The zero-order valence-electron chi connectivity index (χ0n) is 15.4. The summed E-state index contributed by atoms with van der Waals surface area (Å²) in [7, 11) is 0. The molecule has 0 radical (unpaired) electrons. The highest BCUT2D eigenvalue weighted by molar-refractivity contribution is 5.90. The van der Waals surface area contributed by atoms with Crippen molar-refractivity contribution >= 4 is 11.7 Å². The van der Waals surface area contributed by atoms with E-state index in [1.807, 2.05) is 67.6 Å². The van der Waals surface area contributed by atoms with E-state index in [0.29, 0.717) is 17.2 Å². The minimum Gasteiger partial charge on any atom is -0.436 e. The molecule has 0 N–H and O–H groups in total. The SMILES string of the molecule is CC(=Nc1oc(-c2ccccc2)c(-c2ccccc2)c1C#N)N1CCCC1. The first kappa shape index (κ1) is 17.1. The maximum atomic E-state index is 9.91. The fourth-order valence-electron chi connectivity index (χ4n) is 3.53. The normalized spacial score (nSPS) is 14.4. The molecule has 0 amide bonds. The summed E-state index contributed by atoms with van der Waals surface area (Å²) in [5.41, 5.74) is 3.18. The molecule has 1 aliphatic heterocycles. The summed E-state index contributed by atoms with van der Waals surface area (Å²) in [6.45, 7) is 4.00. The molecule has 1 fully saturated rings. The zero-order valence-corrected chi connectivity index (χ0v) is 15.4. The van der Waals surface area contributed by atoms with Crippen LogP contribution in [-0.2, 0) is 0 Å². The quantitative estimate of drug-likeness (QED) is 0.452. The molecule has 0 bridgehead atoms. The predicted octanol–water partition coefficient (Wildman–Crippen LogP) is 5.63. The van der Waals surface area contributed by atoms with Gasteiger partial charge in [-0.25, -0.2) is 0 Å². The Morgan fingerprint density at radius 3 is 2.15 bits per heavy atom. The lowest BCUT2D eigenvalue weighted by Crippen LogP contribution is -2.24. The Balaban J connectivity index is 1.90. The van der Waals surface area contributed by atoms with Crippen molar-refractivity contribution in [3.05, 3.63) is 66.2 Å². The molecule has 3 aromatic rings. The number of nitrogens with zero attached hydrogens (tertiary/aromatic N) is 3. The van der Waals surface area contributed by atoms with Gasteiger partial charge in [0.25, 0.3) is 0 Å². The molecule has 0 saturated carbocycles. The molecule has 2 aromatic carbocycles. The Hall–Kier alpha value is -3.32. The van der Waals surface area contributed by atoms with Gasteiger partial charge < -0.3 is 9.32 Å². The Bertz CT molecular complexity index is 991. The van der Waals surface area contributed by atoms with Crippen LogP contribution in [0.15, 0.2) is 70.1 Å². The lowest BCUT2D eigenvalue weighted by atomic mass is 9.98. The first-order valence-electron chi connectivity index (χ1n) is 9.26. The van der Waals surface area contributed by atoms with Crippen LogP contribution < -0.4 is 0 Å². The summed E-state index contributed by atoms with van der Waals surface area (Å²) in [4.78, 5) is 6.94. The number of hydrogen-bond acceptors (Lipinski definition) is 3. The molecule has 0 unspecified atom stereocenters. The van der Waals surface area contributed by atoms with Gasteiger partial charge in [0.15, 0.2) is 0 Å². The minimum atomic E-state index is 0.389. The molecule has 0 atom stereocenters. The molecule has 4 heteroatoms. The molecular weight excluding hydrogens is 334 g/mol. The monoisotopic (exact) mass is 355 g/mol. The van der Waals surface area contributed by atoms with Crippen molar-refractivity contribution in [2.45, 2.75) is 19.8 Å². The van der Waals surface area contributed by atoms with E-state index in [0.717, 1.165) is 35.6 Å². The third-order valence-electron chi connectivity index (χ3n) is 4.93. The number of amidine groups is 1. The van der Waals surface area contributed by atoms with E-state index in [9.17, 15) is 5.26 Å². The van der Waals surface area contributed by atoms with Crippen LogP contribution >= 0.6 is 0 Å². The third kappa shape index (κ3) is 3.37. The van der Waals surface area contributed by atoms with Crippen LogP contribution in [0, 0.1) is 11.3 Å². The number of benzene rings is 2. The lowest BCUT2D eigenvalue weighted by molar-refractivity contribution is 0.512. The summed E-state index contributed by atoms with van der Waals surface area (Å²) >= 11 is 0. The van der Waals surface area contributed by atoms with E-state index in [4.69, 9.17) is 9.41 Å². The third-order valence-corrected chi connectivity index (χ3v) is 4.93. The number of aliphatic imine (C=N–C) groups is 1. The smallest absolute Gasteiger partial charge is 0.239 e. The van der Waals surface area contributed by atoms with E-state index in [1.54, 1.807) is 0 Å². The highest BCUT2D eigenvalue weighted by Crippen LogP contribution is 2.42. The Morgan fingerprint density at radius 2 is 1.56 bits per heavy atom. The van der Waals surface area contributed by atoms with Crippen LogP contribution in [-0.4, -0.2) is 23.8 Å². The highest BCUT2D eigenvalue weighted by Gasteiger charge is 2.23. The molecule has 134 valence electrons. The van der Waals surface area contributed by atoms with Crippen LogP contribution in [0.4, 0.5) is 5.88 Å². The highest BCUT2D eigenvalue weighted by atomic mass is 16.4. The molecular formula is C23H21N3O. The van der Waals surface area contributed by atoms with E-state index in [2.05, 4.69) is 11.0 Å². The molecule has 4 nitrogen and oxygen atoms in total. The van der Waals surface area contributed by atoms with Crippen molar-refractivity contribution in [1.82, 2.24) is 4.90 Å². The van der Waals surface area contributed by atoms with Gasteiger partial charge in [-0.3, -0.25) is 0 Å². The van der Waals surface area contributed by atoms with Gasteiger partial charge in [0.1, 0.15) is 23.2 Å². The second kappa shape index (κ2) is 7.51. The standard InChI is InChI=1S/C23H21N3O/c1-17(26-14-8-9-15-26)25-23-20(16-24)21(18-10-4-2-5-11-18)22(27-23)19-12-6-3-7-13-19/h2-7,10-13H,8-9,14-15H2,1H3. The van der Waals surface area contributed by atoms with Crippen LogP contribution in [0.2, 0.25) is 0 Å². The predicted molar refractivity (Wildman–Crippen MR) is 108 cm³/mol. The fourth-order valence-corrected chi connectivity index (χ4v) is 3.53. The minimum absolute atomic E-state index is 0.389. The molecule has 1 aliphatic rings. The van der Waals surface area contributed by atoms with Crippen LogP contribution in [0.5, 0.6) is 0 Å². The van der Waals surface area contributed by atoms with E-state index >= 15 is 0 Å². The van der Waals surface area contributed by atoms with Crippen LogP contribution in [0.1, 0.15) is 25.3 Å². The first-order valence-corrected chi connectivity index (χ1v) is 9.26. The largest absolute Gasteiger partial charge is 0.436 e. The van der Waals surface area contributed by atoms with Gasteiger partial charge in [-0.1, -0.05) is 60.7 Å². The number of rotatable bonds is 3. The summed E-state index contributed by atoms with van der Waals surface area (Å²) in [5, 5.41) is 9.91. The van der Waals surface area contributed by atoms with Crippen molar-refractivity contribution in [2.24, 2.45) is 4.99 Å². The van der Waals surface area contributed by atoms with Crippen molar-refractivity contribution in [2.75, 3.05) is 13.1 Å². The van der Waals surface area contributed by atoms with Crippen molar-refractivity contribution < 1.29 is 4.42 Å². The van der Waals surface area contributed by atoms with Gasteiger partial charge in [0, 0.05) is 24.2 Å². The van der Waals surface area contributed by atoms with Gasteiger partial charge in [-0.05, 0) is 25.3 Å². The second-order valence-electron chi connectivity index (χ2n) is 6.68. The Labute approximate surface area is 159 Å². The summed E-state index contributed by atoms with van der Waals surface area (Å²) in [6, 6.07) is 22.1. The lowest BCUT2D eigenvalue weighted by Gasteiger charge is -2.15. The second-order valence-corrected chi connectivity index (χ2v) is 6.68. The maximum Gasteiger partial charge on any atom is 0.239 e. The molecule has 27 heavy (non-hydrogen) atoms. The van der Waals surface area contributed by atoms with Crippen molar-refractivity contribution in [3.63, 3.8) is 0 Å². The van der Waals surface area contributed by atoms with E-state index in [1.165, 1.54) is 12.8 Å². The maximum absolute atomic E-state index is 9.91. The Kier molecular flexibility index (Phi) is 4.76. The number of furan rings is 1. The summed E-state index contributed by atoms with van der Waals surface area (Å²) < 4.78 is 6.17. The zero-order chi connectivity index (χ0) is 18.6. The van der Waals surface area contributed by atoms with Crippen LogP contribution in [0.25, 0.3) is 22.5 Å². The van der Waals surface area contributed by atoms with Gasteiger partial charge in [0.2, 0.25) is 5.88 Å². The summed E-state index contributed by atoms with van der Waals surface area (Å²) in [5.74, 6) is 1.97. The first-order chi connectivity index (χ1) is 13.3. The number of hydrogen-bond donors (Lipinski definition) is 0. The van der Waals surface area contributed by atoms with E-state index < -0.39 is 0 Å². The summed E-state index contributed by atoms with van der Waals surface area (Å²) in [6.07, 6.45) is 2.36. The molecule has 2 heterocycles. The van der Waals surface area contributed by atoms with Crippen molar-refractivity contribution in [1.29, 1.82) is 5.26 Å². The van der Waals surface area contributed by atoms with Gasteiger partial charge in [0.05, 0.1) is 0 Å². The van der Waals surface area contributed by atoms with Gasteiger partial charge >= 0.3 is 0 Å². The average Bonchev–Trinajstić information content (AvgIpc) is 3.37. The van der Waals surface area contributed by atoms with Gasteiger partial charge in [-0.15, -0.1) is 0 Å². The molecule has 0 aliphatic carbocycles. The average molecular weight is 355 g/mol. The fraction of sp³-hybridized carbons (Fsp3) is 0.217.